The second-order valence-corrected chi connectivity index (χ2v) is 8.30. The van der Waals surface area contributed by atoms with Gasteiger partial charge in [0.15, 0.2) is 5.16 Å². The molecule has 0 fully saturated rings. The fourth-order valence-corrected chi connectivity index (χ4v) is 5.42. The van der Waals surface area contributed by atoms with Crippen molar-refractivity contribution in [3.63, 3.8) is 0 Å². The Kier molecular flexibility index (Phi) is 5.76. The van der Waals surface area contributed by atoms with E-state index < -0.39 is 0 Å². The third kappa shape index (κ3) is 3.45. The minimum absolute atomic E-state index is 0.0990. The first kappa shape index (κ1) is 17.7. The summed E-state index contributed by atoms with van der Waals surface area (Å²) in [6.45, 7) is 4.73. The number of Topliss-reactive ketones (excluding diaryl/α,β-unsaturated/α-hetero) is 1. The Morgan fingerprint density at radius 1 is 1.29 bits per heavy atom. The van der Waals surface area contributed by atoms with E-state index in [1.807, 2.05) is 11.5 Å². The zero-order valence-corrected chi connectivity index (χ0v) is 16.0. The maximum Gasteiger partial charge on any atom is 0.263 e. The highest BCUT2D eigenvalue weighted by Crippen LogP contribution is 2.35. The van der Waals surface area contributed by atoms with Gasteiger partial charge < -0.3 is 0 Å². The van der Waals surface area contributed by atoms with Gasteiger partial charge in [-0.1, -0.05) is 38.5 Å². The van der Waals surface area contributed by atoms with Crippen molar-refractivity contribution in [2.75, 3.05) is 5.75 Å². The number of aromatic nitrogens is 2. The maximum atomic E-state index is 13.1. The zero-order valence-electron chi connectivity index (χ0n) is 14.4. The molecular formula is C18H24N2O2S2. The zero-order chi connectivity index (χ0) is 17.1. The highest BCUT2D eigenvalue weighted by Gasteiger charge is 2.23. The summed E-state index contributed by atoms with van der Waals surface area (Å²) in [4.78, 5) is 31.8. The SMILES string of the molecule is CCCCCn1c(SCC(=O)CC)nc2sc3c(c2c1=O)CCC3. The van der Waals surface area contributed by atoms with Gasteiger partial charge in [0.25, 0.3) is 5.56 Å². The number of aryl methyl sites for hydroxylation is 2. The van der Waals surface area contributed by atoms with Crippen LogP contribution in [0.2, 0.25) is 0 Å². The van der Waals surface area contributed by atoms with Gasteiger partial charge in [0, 0.05) is 17.8 Å². The van der Waals surface area contributed by atoms with E-state index in [1.54, 1.807) is 11.3 Å². The number of thiophene rings is 1. The van der Waals surface area contributed by atoms with Gasteiger partial charge in [0.05, 0.1) is 11.1 Å². The molecule has 0 amide bonds. The number of fused-ring (bicyclic) bond motifs is 3. The van der Waals surface area contributed by atoms with Crippen molar-refractivity contribution in [2.45, 2.75) is 70.5 Å². The van der Waals surface area contributed by atoms with Gasteiger partial charge in [0.2, 0.25) is 0 Å². The maximum absolute atomic E-state index is 13.1. The van der Waals surface area contributed by atoms with Crippen molar-refractivity contribution in [2.24, 2.45) is 0 Å². The van der Waals surface area contributed by atoms with Gasteiger partial charge in [-0.25, -0.2) is 4.98 Å². The van der Waals surface area contributed by atoms with Gasteiger partial charge in [-0.3, -0.25) is 14.2 Å². The Labute approximate surface area is 150 Å². The minimum Gasteiger partial charge on any atom is -0.299 e. The number of carbonyl (C=O) groups is 1. The van der Waals surface area contributed by atoms with Crippen LogP contribution in [0.4, 0.5) is 0 Å². The summed E-state index contributed by atoms with van der Waals surface area (Å²) >= 11 is 3.09. The van der Waals surface area contributed by atoms with Crippen LogP contribution in [0.3, 0.4) is 0 Å². The molecule has 0 spiro atoms. The molecule has 0 saturated carbocycles. The lowest BCUT2D eigenvalue weighted by atomic mass is 10.2. The van der Waals surface area contributed by atoms with E-state index in [0.29, 0.717) is 23.9 Å². The molecule has 0 aliphatic heterocycles. The Hall–Kier alpha value is -1.14. The standard InChI is InChI=1S/C18H24N2O2S2/c1-3-5-6-10-20-17(22)15-13-8-7-9-14(13)24-16(15)19-18(20)23-11-12(21)4-2/h3-11H2,1-2H3. The third-order valence-corrected chi connectivity index (χ3v) is 6.75. The summed E-state index contributed by atoms with van der Waals surface area (Å²) < 4.78 is 1.82. The van der Waals surface area contributed by atoms with E-state index in [9.17, 15) is 9.59 Å². The number of rotatable bonds is 8. The lowest BCUT2D eigenvalue weighted by molar-refractivity contribution is -0.116. The molecule has 130 valence electrons. The fourth-order valence-electron chi connectivity index (χ4n) is 3.13. The van der Waals surface area contributed by atoms with Gasteiger partial charge in [-0.05, 0) is 31.2 Å². The number of nitrogens with zero attached hydrogens (tertiary/aromatic N) is 2. The normalized spacial score (nSPS) is 13.6. The van der Waals surface area contributed by atoms with E-state index in [-0.39, 0.29) is 11.3 Å². The molecule has 2 heterocycles. The molecule has 24 heavy (non-hydrogen) atoms. The number of ketones is 1. The van der Waals surface area contributed by atoms with Gasteiger partial charge in [-0.15, -0.1) is 11.3 Å². The van der Waals surface area contributed by atoms with Crippen LogP contribution in [0.5, 0.6) is 0 Å². The van der Waals surface area contributed by atoms with Crippen molar-refractivity contribution < 1.29 is 4.79 Å². The highest BCUT2D eigenvalue weighted by atomic mass is 32.2. The smallest absolute Gasteiger partial charge is 0.263 e. The van der Waals surface area contributed by atoms with Crippen LogP contribution in [0.15, 0.2) is 9.95 Å². The fraction of sp³-hybridized carbons (Fsp3) is 0.611. The van der Waals surface area contributed by atoms with E-state index in [4.69, 9.17) is 4.98 Å². The quantitative estimate of drug-likeness (QED) is 0.400. The highest BCUT2D eigenvalue weighted by molar-refractivity contribution is 7.99. The van der Waals surface area contributed by atoms with E-state index in [1.165, 1.54) is 22.2 Å². The molecular weight excluding hydrogens is 340 g/mol. The monoisotopic (exact) mass is 364 g/mol. The number of unbranched alkanes of at least 4 members (excludes halogenated alkanes) is 2. The van der Waals surface area contributed by atoms with Gasteiger partial charge >= 0.3 is 0 Å². The second kappa shape index (κ2) is 7.83. The molecule has 1 aliphatic carbocycles. The first-order chi connectivity index (χ1) is 11.7. The molecule has 0 radical (unpaired) electrons. The predicted molar refractivity (Wildman–Crippen MR) is 101 cm³/mol. The van der Waals surface area contributed by atoms with Gasteiger partial charge in [-0.2, -0.15) is 0 Å². The Bertz CT molecular complexity index is 807. The van der Waals surface area contributed by atoms with Crippen molar-refractivity contribution in [3.8, 4) is 0 Å². The van der Waals surface area contributed by atoms with Crippen molar-refractivity contribution in [1.82, 2.24) is 9.55 Å². The minimum atomic E-state index is 0.0990. The summed E-state index contributed by atoms with van der Waals surface area (Å²) in [5.74, 6) is 0.593. The van der Waals surface area contributed by atoms with Crippen LogP contribution in [0, 0.1) is 0 Å². The lowest BCUT2D eigenvalue weighted by Crippen LogP contribution is -2.24. The number of carbonyl (C=O) groups excluding carboxylic acids is 1. The molecule has 6 heteroatoms. The van der Waals surface area contributed by atoms with Crippen molar-refractivity contribution in [1.29, 1.82) is 0 Å². The average molecular weight is 365 g/mol. The predicted octanol–water partition coefficient (Wildman–Crippen LogP) is 4.21. The third-order valence-electron chi connectivity index (χ3n) is 4.53. The summed E-state index contributed by atoms with van der Waals surface area (Å²) in [6.07, 6.45) is 6.95. The van der Waals surface area contributed by atoms with Crippen molar-refractivity contribution >= 4 is 39.1 Å². The summed E-state index contributed by atoms with van der Waals surface area (Å²) in [5, 5.41) is 1.56. The lowest BCUT2D eigenvalue weighted by Gasteiger charge is -2.12. The Morgan fingerprint density at radius 2 is 2.12 bits per heavy atom. The van der Waals surface area contributed by atoms with Crippen molar-refractivity contribution in [3.05, 3.63) is 20.8 Å². The molecule has 3 rings (SSSR count). The largest absolute Gasteiger partial charge is 0.299 e. The van der Waals surface area contributed by atoms with E-state index >= 15 is 0 Å². The first-order valence-electron chi connectivity index (χ1n) is 8.85. The molecule has 0 aromatic carbocycles. The molecule has 0 unspecified atom stereocenters. The molecule has 0 N–H and O–H groups in total. The number of thioether (sulfide) groups is 1. The molecule has 0 atom stereocenters. The molecule has 0 bridgehead atoms. The molecule has 0 saturated heterocycles. The van der Waals surface area contributed by atoms with Crippen LogP contribution < -0.4 is 5.56 Å². The van der Waals surface area contributed by atoms with Crippen LogP contribution in [0.1, 0.15) is 56.4 Å². The van der Waals surface area contributed by atoms with Crippen LogP contribution in [0.25, 0.3) is 10.2 Å². The number of hydrogen-bond acceptors (Lipinski definition) is 5. The summed E-state index contributed by atoms with van der Waals surface area (Å²) in [5.41, 5.74) is 1.33. The van der Waals surface area contributed by atoms with E-state index in [0.717, 1.165) is 48.7 Å². The van der Waals surface area contributed by atoms with Crippen LogP contribution >= 0.6 is 23.1 Å². The summed E-state index contributed by atoms with van der Waals surface area (Å²) in [7, 11) is 0. The molecule has 4 nitrogen and oxygen atoms in total. The van der Waals surface area contributed by atoms with Crippen LogP contribution in [-0.2, 0) is 24.2 Å². The summed E-state index contributed by atoms with van der Waals surface area (Å²) in [6, 6.07) is 0. The average Bonchev–Trinajstić information content (AvgIpc) is 3.15. The molecule has 2 aromatic rings. The molecule has 1 aliphatic rings. The Balaban J connectivity index is 2.01. The second-order valence-electron chi connectivity index (χ2n) is 6.28. The van der Waals surface area contributed by atoms with Gasteiger partial charge in [0.1, 0.15) is 10.6 Å². The number of hydrogen-bond donors (Lipinski definition) is 0. The Morgan fingerprint density at radius 3 is 2.88 bits per heavy atom. The van der Waals surface area contributed by atoms with Crippen LogP contribution in [-0.4, -0.2) is 21.1 Å². The van der Waals surface area contributed by atoms with E-state index in [2.05, 4.69) is 6.92 Å². The topological polar surface area (TPSA) is 52.0 Å². The molecule has 2 aromatic heterocycles. The first-order valence-corrected chi connectivity index (χ1v) is 10.7.